The number of halogens is 1. The highest BCUT2D eigenvalue weighted by Gasteiger charge is 2.23. The van der Waals surface area contributed by atoms with Crippen LogP contribution in [0.25, 0.3) is 0 Å². The van der Waals surface area contributed by atoms with Gasteiger partial charge in [-0.2, -0.15) is 0 Å². The predicted octanol–water partition coefficient (Wildman–Crippen LogP) is 2.44. The van der Waals surface area contributed by atoms with E-state index in [2.05, 4.69) is 0 Å². The van der Waals surface area contributed by atoms with Crippen LogP contribution in [0.4, 0.5) is 5.69 Å². The molecule has 1 aliphatic rings. The van der Waals surface area contributed by atoms with Gasteiger partial charge in [0.15, 0.2) is 0 Å². The molecular weight excluding hydrogens is 335 g/mol. The van der Waals surface area contributed by atoms with Crippen molar-refractivity contribution in [1.29, 1.82) is 0 Å². The lowest BCUT2D eigenvalue weighted by molar-refractivity contribution is -0.384. The van der Waals surface area contributed by atoms with Crippen molar-refractivity contribution in [2.24, 2.45) is 0 Å². The molecule has 0 saturated carbocycles. The summed E-state index contributed by atoms with van der Waals surface area (Å²) in [4.78, 5) is 24.1. The number of amides is 1. The van der Waals surface area contributed by atoms with Crippen molar-refractivity contribution >= 4 is 34.2 Å². The van der Waals surface area contributed by atoms with E-state index in [0.29, 0.717) is 5.56 Å². The minimum Gasteiger partial charge on any atom is -0.339 e. The van der Waals surface area contributed by atoms with E-state index in [9.17, 15) is 14.9 Å². The molecule has 0 aliphatic carbocycles. The molecule has 0 atom stereocenters. The van der Waals surface area contributed by atoms with Crippen molar-refractivity contribution in [2.45, 2.75) is 12.8 Å². The van der Waals surface area contributed by atoms with Gasteiger partial charge in [-0.15, -0.1) is 0 Å². The Morgan fingerprint density at radius 2 is 2.00 bits per heavy atom. The van der Waals surface area contributed by atoms with Crippen LogP contribution in [0, 0.1) is 13.7 Å². The second-order valence-electron chi connectivity index (χ2n) is 3.92. The highest BCUT2D eigenvalue weighted by molar-refractivity contribution is 14.1. The SMILES string of the molecule is O=C(c1cc([N+](=O)[O-])ccc1I)N1CCCC1. The van der Waals surface area contributed by atoms with Gasteiger partial charge in [0.25, 0.3) is 11.6 Å². The Bertz CT molecular complexity index is 470. The second kappa shape index (κ2) is 4.99. The predicted molar refractivity (Wildman–Crippen MR) is 71.0 cm³/mol. The van der Waals surface area contributed by atoms with Crippen LogP contribution < -0.4 is 0 Å². The van der Waals surface area contributed by atoms with E-state index < -0.39 is 4.92 Å². The molecule has 0 unspecified atom stereocenters. The molecule has 1 amide bonds. The van der Waals surface area contributed by atoms with Gasteiger partial charge >= 0.3 is 0 Å². The van der Waals surface area contributed by atoms with E-state index in [1.54, 1.807) is 11.0 Å². The van der Waals surface area contributed by atoms with Crippen molar-refractivity contribution in [2.75, 3.05) is 13.1 Å². The standard InChI is InChI=1S/C11H11IN2O3/c12-10-4-3-8(14(16)17)7-9(10)11(15)13-5-1-2-6-13/h3-4,7H,1-2,5-6H2. The van der Waals surface area contributed by atoms with E-state index >= 15 is 0 Å². The van der Waals surface area contributed by atoms with Crippen molar-refractivity contribution < 1.29 is 9.72 Å². The van der Waals surface area contributed by atoms with E-state index in [1.807, 2.05) is 22.6 Å². The van der Waals surface area contributed by atoms with Crippen molar-refractivity contribution in [3.05, 3.63) is 37.4 Å². The minimum absolute atomic E-state index is 0.0343. The average molecular weight is 346 g/mol. The third-order valence-corrected chi connectivity index (χ3v) is 3.73. The van der Waals surface area contributed by atoms with Gasteiger partial charge in [0.2, 0.25) is 0 Å². The second-order valence-corrected chi connectivity index (χ2v) is 5.08. The number of benzene rings is 1. The first-order valence-electron chi connectivity index (χ1n) is 5.33. The molecule has 5 nitrogen and oxygen atoms in total. The minimum atomic E-state index is -0.475. The molecule has 1 aromatic carbocycles. The number of hydrogen-bond acceptors (Lipinski definition) is 3. The zero-order valence-electron chi connectivity index (χ0n) is 9.06. The fraction of sp³-hybridized carbons (Fsp3) is 0.364. The molecule has 0 aromatic heterocycles. The number of nitro groups is 1. The number of non-ortho nitro benzene ring substituents is 1. The fourth-order valence-corrected chi connectivity index (χ4v) is 2.45. The first kappa shape index (κ1) is 12.3. The molecule has 0 radical (unpaired) electrons. The summed E-state index contributed by atoms with van der Waals surface area (Å²) >= 11 is 2.03. The summed E-state index contributed by atoms with van der Waals surface area (Å²) in [6, 6.07) is 4.40. The number of rotatable bonds is 2. The zero-order chi connectivity index (χ0) is 12.4. The first-order chi connectivity index (χ1) is 8.09. The van der Waals surface area contributed by atoms with Crippen LogP contribution in [-0.2, 0) is 0 Å². The van der Waals surface area contributed by atoms with Crippen molar-refractivity contribution in [1.82, 2.24) is 4.90 Å². The highest BCUT2D eigenvalue weighted by Crippen LogP contribution is 2.22. The lowest BCUT2D eigenvalue weighted by Gasteiger charge is -2.15. The van der Waals surface area contributed by atoms with E-state index in [-0.39, 0.29) is 11.6 Å². The molecule has 0 bridgehead atoms. The maximum Gasteiger partial charge on any atom is 0.270 e. The van der Waals surface area contributed by atoms with E-state index in [0.717, 1.165) is 29.5 Å². The molecular formula is C11H11IN2O3. The van der Waals surface area contributed by atoms with E-state index in [4.69, 9.17) is 0 Å². The maximum absolute atomic E-state index is 12.1. The molecule has 0 N–H and O–H groups in total. The molecule has 17 heavy (non-hydrogen) atoms. The largest absolute Gasteiger partial charge is 0.339 e. The van der Waals surface area contributed by atoms with Gasteiger partial charge in [0, 0.05) is 28.8 Å². The van der Waals surface area contributed by atoms with Crippen molar-refractivity contribution in [3.63, 3.8) is 0 Å². The number of nitro benzene ring substituents is 1. The summed E-state index contributed by atoms with van der Waals surface area (Å²) in [5.74, 6) is -0.101. The quantitative estimate of drug-likeness (QED) is 0.469. The Hall–Kier alpha value is -1.18. The first-order valence-corrected chi connectivity index (χ1v) is 6.40. The number of likely N-dealkylation sites (tertiary alicyclic amines) is 1. The number of carbonyl (C=O) groups is 1. The third-order valence-electron chi connectivity index (χ3n) is 2.78. The Kier molecular flexibility index (Phi) is 3.60. The van der Waals surface area contributed by atoms with Gasteiger partial charge in [0.05, 0.1) is 10.5 Å². The van der Waals surface area contributed by atoms with Gasteiger partial charge in [-0.25, -0.2) is 0 Å². The topological polar surface area (TPSA) is 63.4 Å². The molecule has 1 heterocycles. The maximum atomic E-state index is 12.1. The van der Waals surface area contributed by atoms with Gasteiger partial charge in [-0.05, 0) is 41.5 Å². The summed E-state index contributed by atoms with van der Waals surface area (Å²) < 4.78 is 0.755. The summed E-state index contributed by atoms with van der Waals surface area (Å²) in [5, 5.41) is 10.7. The van der Waals surface area contributed by atoms with Gasteiger partial charge in [-0.1, -0.05) is 0 Å². The molecule has 1 fully saturated rings. The van der Waals surface area contributed by atoms with Crippen molar-refractivity contribution in [3.8, 4) is 0 Å². The van der Waals surface area contributed by atoms with Crippen LogP contribution in [-0.4, -0.2) is 28.8 Å². The highest BCUT2D eigenvalue weighted by atomic mass is 127. The molecule has 1 aliphatic heterocycles. The van der Waals surface area contributed by atoms with Crippen LogP contribution in [0.15, 0.2) is 18.2 Å². The Labute approximate surface area is 112 Å². The van der Waals surface area contributed by atoms with Gasteiger partial charge in [-0.3, -0.25) is 14.9 Å². The summed E-state index contributed by atoms with van der Waals surface area (Å²) in [6.45, 7) is 1.50. The van der Waals surface area contributed by atoms with Crippen LogP contribution in [0.2, 0.25) is 0 Å². The summed E-state index contributed by atoms with van der Waals surface area (Å²) in [7, 11) is 0. The van der Waals surface area contributed by atoms with Gasteiger partial charge in [0.1, 0.15) is 0 Å². The smallest absolute Gasteiger partial charge is 0.270 e. The number of carbonyl (C=O) groups excluding carboxylic acids is 1. The summed E-state index contributed by atoms with van der Waals surface area (Å²) in [5.41, 5.74) is 0.398. The average Bonchev–Trinajstić information content (AvgIpc) is 2.81. The monoisotopic (exact) mass is 346 g/mol. The lowest BCUT2D eigenvalue weighted by atomic mass is 10.2. The molecule has 0 spiro atoms. The third kappa shape index (κ3) is 2.56. The lowest BCUT2D eigenvalue weighted by Crippen LogP contribution is -2.28. The van der Waals surface area contributed by atoms with Crippen LogP contribution in [0.3, 0.4) is 0 Å². The van der Waals surface area contributed by atoms with Crippen LogP contribution in [0.5, 0.6) is 0 Å². The van der Waals surface area contributed by atoms with Gasteiger partial charge < -0.3 is 4.90 Å². The Morgan fingerprint density at radius 3 is 2.59 bits per heavy atom. The Morgan fingerprint density at radius 1 is 1.35 bits per heavy atom. The molecule has 2 rings (SSSR count). The normalized spacial score (nSPS) is 15.0. The zero-order valence-corrected chi connectivity index (χ0v) is 11.2. The fourth-order valence-electron chi connectivity index (χ4n) is 1.88. The Balaban J connectivity index is 2.32. The molecule has 1 aromatic rings. The van der Waals surface area contributed by atoms with Crippen LogP contribution in [0.1, 0.15) is 23.2 Å². The van der Waals surface area contributed by atoms with E-state index in [1.165, 1.54) is 12.1 Å². The number of hydrogen-bond donors (Lipinski definition) is 0. The molecule has 90 valence electrons. The molecule has 1 saturated heterocycles. The summed E-state index contributed by atoms with van der Waals surface area (Å²) in [6.07, 6.45) is 2.02. The van der Waals surface area contributed by atoms with Crippen LogP contribution >= 0.6 is 22.6 Å². The number of nitrogens with zero attached hydrogens (tertiary/aromatic N) is 2. The molecule has 6 heteroatoms.